The van der Waals surface area contributed by atoms with E-state index in [2.05, 4.69) is 4.98 Å². The molecule has 0 saturated carbocycles. The maximum atomic E-state index is 10.7. The highest BCUT2D eigenvalue weighted by molar-refractivity contribution is 6.35. The van der Waals surface area contributed by atoms with Gasteiger partial charge in [0.2, 0.25) is 5.88 Å². The van der Waals surface area contributed by atoms with Gasteiger partial charge in [0.25, 0.3) is 0 Å². The lowest BCUT2D eigenvalue weighted by Crippen LogP contribution is -2.37. The Morgan fingerprint density at radius 2 is 1.79 bits per heavy atom. The van der Waals surface area contributed by atoms with Gasteiger partial charge in [0.1, 0.15) is 17.6 Å². The lowest BCUT2D eigenvalue weighted by Gasteiger charge is -2.15. The third kappa shape index (κ3) is 3.58. The molecule has 5 nitrogen and oxygen atoms in total. The second kappa shape index (κ2) is 6.76. The summed E-state index contributed by atoms with van der Waals surface area (Å²) in [6.07, 6.45) is -1.02. The molecule has 1 heterocycles. The number of carboxylic acids is 1. The molecule has 3 aromatic rings. The molecule has 0 aliphatic heterocycles. The summed E-state index contributed by atoms with van der Waals surface area (Å²) in [4.78, 5) is 15.1. The summed E-state index contributed by atoms with van der Waals surface area (Å²) < 4.78 is 10.9. The molecule has 1 atom stereocenters. The number of pyridine rings is 1. The molecule has 0 N–H and O–H groups in total. The van der Waals surface area contributed by atoms with Crippen LogP contribution in [0.2, 0.25) is 5.02 Å². The zero-order chi connectivity index (χ0) is 17.1. The van der Waals surface area contributed by atoms with Crippen LogP contribution in [0.25, 0.3) is 10.9 Å². The third-order valence-electron chi connectivity index (χ3n) is 3.34. The average molecular weight is 343 g/mol. The second-order valence-electron chi connectivity index (χ2n) is 5.11. The number of nitrogens with zero attached hydrogens (tertiary/aromatic N) is 1. The molecule has 24 heavy (non-hydrogen) atoms. The molecule has 0 amide bonds. The lowest BCUT2D eigenvalue weighted by molar-refractivity contribution is -0.312. The van der Waals surface area contributed by atoms with E-state index in [9.17, 15) is 9.90 Å². The molecule has 0 spiro atoms. The molecule has 0 radical (unpaired) electrons. The SMILES string of the molecule is C[C@H](Oc1ccc(Oc2ccc3c(Cl)cccc3n2)cc1)C(=O)[O-]. The van der Waals surface area contributed by atoms with E-state index >= 15 is 0 Å². The number of hydrogen-bond donors (Lipinski definition) is 0. The van der Waals surface area contributed by atoms with Crippen molar-refractivity contribution in [2.45, 2.75) is 13.0 Å². The number of hydrogen-bond acceptors (Lipinski definition) is 5. The highest BCUT2D eigenvalue weighted by atomic mass is 35.5. The summed E-state index contributed by atoms with van der Waals surface area (Å²) in [6.45, 7) is 1.41. The number of fused-ring (bicyclic) bond motifs is 1. The first-order valence-corrected chi connectivity index (χ1v) is 7.61. The number of carboxylic acid groups (broad SMARTS) is 1. The van der Waals surface area contributed by atoms with Crippen molar-refractivity contribution in [3.05, 3.63) is 59.6 Å². The van der Waals surface area contributed by atoms with Gasteiger partial charge in [-0.15, -0.1) is 0 Å². The van der Waals surface area contributed by atoms with Crippen molar-refractivity contribution in [3.63, 3.8) is 0 Å². The Hall–Kier alpha value is -2.79. The first-order chi connectivity index (χ1) is 11.5. The van der Waals surface area contributed by atoms with Gasteiger partial charge in [0.05, 0.1) is 11.5 Å². The molecule has 0 fully saturated rings. The van der Waals surface area contributed by atoms with Gasteiger partial charge in [-0.3, -0.25) is 0 Å². The minimum atomic E-state index is -1.27. The zero-order valence-corrected chi connectivity index (χ0v) is 13.5. The molecule has 0 unspecified atom stereocenters. The Morgan fingerprint density at radius 3 is 2.50 bits per heavy atom. The average Bonchev–Trinajstić information content (AvgIpc) is 2.56. The predicted molar refractivity (Wildman–Crippen MR) is 88.4 cm³/mol. The van der Waals surface area contributed by atoms with Gasteiger partial charge in [-0.2, -0.15) is 0 Å². The summed E-state index contributed by atoms with van der Waals surface area (Å²) in [7, 11) is 0. The maximum Gasteiger partial charge on any atom is 0.219 e. The Bertz CT molecular complexity index is 880. The Labute approximate surface area is 143 Å². The van der Waals surface area contributed by atoms with Gasteiger partial charge >= 0.3 is 0 Å². The van der Waals surface area contributed by atoms with Crippen LogP contribution in [0.4, 0.5) is 0 Å². The number of carbonyl (C=O) groups is 1. The van der Waals surface area contributed by atoms with Gasteiger partial charge in [-0.25, -0.2) is 4.98 Å². The van der Waals surface area contributed by atoms with E-state index in [0.29, 0.717) is 22.4 Å². The van der Waals surface area contributed by atoms with E-state index in [0.717, 1.165) is 10.9 Å². The van der Waals surface area contributed by atoms with Crippen LogP contribution in [0.3, 0.4) is 0 Å². The Balaban J connectivity index is 1.75. The largest absolute Gasteiger partial charge is 0.546 e. The first-order valence-electron chi connectivity index (χ1n) is 7.23. The van der Waals surface area contributed by atoms with Gasteiger partial charge < -0.3 is 19.4 Å². The minimum Gasteiger partial charge on any atom is -0.546 e. The second-order valence-corrected chi connectivity index (χ2v) is 5.52. The fraction of sp³-hybridized carbons (Fsp3) is 0.111. The number of halogens is 1. The van der Waals surface area contributed by atoms with Crippen molar-refractivity contribution in [1.29, 1.82) is 0 Å². The Morgan fingerprint density at radius 1 is 1.08 bits per heavy atom. The van der Waals surface area contributed by atoms with E-state index in [4.69, 9.17) is 21.1 Å². The smallest absolute Gasteiger partial charge is 0.219 e. The fourth-order valence-electron chi connectivity index (χ4n) is 2.11. The van der Waals surface area contributed by atoms with Gasteiger partial charge in [0.15, 0.2) is 0 Å². The lowest BCUT2D eigenvalue weighted by atomic mass is 10.2. The van der Waals surface area contributed by atoms with Crippen LogP contribution >= 0.6 is 11.6 Å². The van der Waals surface area contributed by atoms with Crippen molar-refractivity contribution in [3.8, 4) is 17.4 Å². The van der Waals surface area contributed by atoms with Gasteiger partial charge in [-0.05, 0) is 49.4 Å². The summed E-state index contributed by atoms with van der Waals surface area (Å²) in [6, 6.07) is 15.6. The summed E-state index contributed by atoms with van der Waals surface area (Å²) >= 11 is 6.11. The number of aromatic nitrogens is 1. The number of ether oxygens (including phenoxy) is 2. The Kier molecular flexibility index (Phi) is 4.53. The normalized spacial score (nSPS) is 11.9. The van der Waals surface area contributed by atoms with Gasteiger partial charge in [0, 0.05) is 16.5 Å². The van der Waals surface area contributed by atoms with Crippen molar-refractivity contribution >= 4 is 28.5 Å². The quantitative estimate of drug-likeness (QED) is 0.712. The van der Waals surface area contributed by atoms with E-state index in [1.165, 1.54) is 6.92 Å². The third-order valence-corrected chi connectivity index (χ3v) is 3.67. The van der Waals surface area contributed by atoms with Crippen LogP contribution in [0.1, 0.15) is 6.92 Å². The summed E-state index contributed by atoms with van der Waals surface area (Å²) in [5.41, 5.74) is 0.739. The van der Waals surface area contributed by atoms with Crippen molar-refractivity contribution in [2.75, 3.05) is 0 Å². The van der Waals surface area contributed by atoms with E-state index in [1.807, 2.05) is 18.2 Å². The standard InChI is InChI=1S/C18H14ClNO4/c1-11(18(21)22)23-12-5-7-13(8-6-12)24-17-10-9-14-15(19)3-2-4-16(14)20-17/h2-11H,1H3,(H,21,22)/p-1/t11-/m0/s1. The minimum absolute atomic E-state index is 0.414. The molecule has 0 aliphatic rings. The molecular formula is C18H13ClNO4-. The first kappa shape index (κ1) is 16.1. The maximum absolute atomic E-state index is 10.7. The van der Waals surface area contributed by atoms with Crippen LogP contribution in [0, 0.1) is 0 Å². The predicted octanol–water partition coefficient (Wildman–Crippen LogP) is 3.20. The van der Waals surface area contributed by atoms with E-state index in [-0.39, 0.29) is 0 Å². The van der Waals surface area contributed by atoms with Crippen LogP contribution in [0.5, 0.6) is 17.4 Å². The van der Waals surface area contributed by atoms with Crippen molar-refractivity contribution in [2.24, 2.45) is 0 Å². The number of benzene rings is 2. The molecule has 2 aromatic carbocycles. The number of aliphatic carboxylic acids is 1. The number of carbonyl (C=O) groups excluding carboxylic acids is 1. The molecule has 0 aliphatic carbocycles. The van der Waals surface area contributed by atoms with E-state index in [1.54, 1.807) is 36.4 Å². The fourth-order valence-corrected chi connectivity index (χ4v) is 2.35. The molecule has 3 rings (SSSR count). The number of rotatable bonds is 5. The molecule has 6 heteroatoms. The van der Waals surface area contributed by atoms with Crippen molar-refractivity contribution in [1.82, 2.24) is 4.98 Å². The molecule has 1 aromatic heterocycles. The van der Waals surface area contributed by atoms with Crippen LogP contribution < -0.4 is 14.6 Å². The van der Waals surface area contributed by atoms with Crippen LogP contribution in [-0.4, -0.2) is 17.1 Å². The molecule has 122 valence electrons. The van der Waals surface area contributed by atoms with Crippen LogP contribution in [0.15, 0.2) is 54.6 Å². The zero-order valence-electron chi connectivity index (χ0n) is 12.7. The highest BCUT2D eigenvalue weighted by Gasteiger charge is 2.06. The summed E-state index contributed by atoms with van der Waals surface area (Å²) in [5, 5.41) is 12.2. The molecule has 0 bridgehead atoms. The molecule has 0 saturated heterocycles. The summed E-state index contributed by atoms with van der Waals surface area (Å²) in [5.74, 6) is 0.130. The van der Waals surface area contributed by atoms with E-state index < -0.39 is 12.1 Å². The topological polar surface area (TPSA) is 71.5 Å². The highest BCUT2D eigenvalue weighted by Crippen LogP contribution is 2.27. The molecular weight excluding hydrogens is 330 g/mol. The van der Waals surface area contributed by atoms with Gasteiger partial charge in [-0.1, -0.05) is 17.7 Å². The van der Waals surface area contributed by atoms with Crippen molar-refractivity contribution < 1.29 is 19.4 Å². The van der Waals surface area contributed by atoms with Crippen LogP contribution in [-0.2, 0) is 4.79 Å². The monoisotopic (exact) mass is 342 g/mol.